The third kappa shape index (κ3) is 2.38. The summed E-state index contributed by atoms with van der Waals surface area (Å²) in [5.74, 6) is -0.771. The Morgan fingerprint density at radius 1 is 1.47 bits per heavy atom. The van der Waals surface area contributed by atoms with Crippen molar-refractivity contribution in [1.82, 2.24) is 9.88 Å². The summed E-state index contributed by atoms with van der Waals surface area (Å²) in [6, 6.07) is 1.39. The minimum Gasteiger partial charge on any atom is -0.369 e. The number of hydrogen-bond acceptors (Lipinski definition) is 3. The van der Waals surface area contributed by atoms with Gasteiger partial charge in [-0.05, 0) is 20.3 Å². The van der Waals surface area contributed by atoms with Crippen molar-refractivity contribution in [2.45, 2.75) is 20.3 Å². The average Bonchev–Trinajstić information content (AvgIpc) is 2.73. The Kier molecular flexibility index (Phi) is 3.18. The molecule has 1 aromatic heterocycles. The molecule has 102 valence electrons. The first-order valence-electron chi connectivity index (χ1n) is 6.12. The van der Waals surface area contributed by atoms with E-state index in [1.54, 1.807) is 13.8 Å². The van der Waals surface area contributed by atoms with Gasteiger partial charge in [-0.25, -0.2) is 0 Å². The maximum atomic E-state index is 12.2. The van der Waals surface area contributed by atoms with Crippen LogP contribution in [-0.4, -0.2) is 34.8 Å². The molecule has 1 aliphatic rings. The summed E-state index contributed by atoms with van der Waals surface area (Å²) < 4.78 is 0. The lowest BCUT2D eigenvalue weighted by Gasteiger charge is -2.20. The molecule has 6 nitrogen and oxygen atoms in total. The highest BCUT2D eigenvalue weighted by Crippen LogP contribution is 2.29. The first kappa shape index (κ1) is 13.3. The number of carbonyl (C=O) groups is 2. The number of likely N-dealkylation sites (tertiary alicyclic amines) is 1. The predicted octanol–water partition coefficient (Wildman–Crippen LogP) is 0.0208. The standard InChI is InChI=1S/C13H17N3O3/c1-8-5-10(17)9(6-15-8)11(18)16-4-3-13(2,7-16)12(14)19/h5-6H,3-4,7H2,1-2H3,(H2,14,19)(H,15,17). The van der Waals surface area contributed by atoms with Gasteiger partial charge in [-0.15, -0.1) is 0 Å². The van der Waals surface area contributed by atoms with Gasteiger partial charge in [0.25, 0.3) is 5.91 Å². The van der Waals surface area contributed by atoms with Gasteiger partial charge in [-0.1, -0.05) is 0 Å². The van der Waals surface area contributed by atoms with Gasteiger partial charge in [0, 0.05) is 31.0 Å². The third-order valence-corrected chi connectivity index (χ3v) is 3.64. The Bertz CT molecular complexity index is 593. The predicted molar refractivity (Wildman–Crippen MR) is 69.6 cm³/mol. The molecule has 0 bridgehead atoms. The molecule has 1 fully saturated rings. The van der Waals surface area contributed by atoms with Crippen LogP contribution in [0.25, 0.3) is 0 Å². The smallest absolute Gasteiger partial charge is 0.259 e. The van der Waals surface area contributed by atoms with Crippen LogP contribution in [0.3, 0.4) is 0 Å². The molecule has 0 aliphatic carbocycles. The van der Waals surface area contributed by atoms with Crippen LogP contribution in [0.15, 0.2) is 17.1 Å². The van der Waals surface area contributed by atoms with Crippen LogP contribution in [0.5, 0.6) is 0 Å². The van der Waals surface area contributed by atoms with Gasteiger partial charge >= 0.3 is 0 Å². The number of aryl methyl sites for hydroxylation is 1. The number of pyridine rings is 1. The van der Waals surface area contributed by atoms with E-state index in [0.29, 0.717) is 18.7 Å². The van der Waals surface area contributed by atoms with Crippen molar-refractivity contribution in [3.05, 3.63) is 33.7 Å². The van der Waals surface area contributed by atoms with Gasteiger partial charge in [0.05, 0.1) is 5.41 Å². The number of amides is 2. The number of primary amides is 1. The molecule has 1 aromatic rings. The summed E-state index contributed by atoms with van der Waals surface area (Å²) in [6.07, 6.45) is 1.94. The first-order chi connectivity index (χ1) is 8.83. The lowest BCUT2D eigenvalue weighted by atomic mass is 9.89. The number of carbonyl (C=O) groups excluding carboxylic acids is 2. The van der Waals surface area contributed by atoms with Crippen molar-refractivity contribution < 1.29 is 9.59 Å². The summed E-state index contributed by atoms with van der Waals surface area (Å²) >= 11 is 0. The van der Waals surface area contributed by atoms with Crippen molar-refractivity contribution in [3.63, 3.8) is 0 Å². The van der Waals surface area contributed by atoms with Crippen LogP contribution in [0.2, 0.25) is 0 Å². The summed E-state index contributed by atoms with van der Waals surface area (Å²) in [4.78, 5) is 39.7. The van der Waals surface area contributed by atoms with E-state index < -0.39 is 11.3 Å². The average molecular weight is 263 g/mol. The second-order valence-electron chi connectivity index (χ2n) is 5.30. The van der Waals surface area contributed by atoms with Crippen molar-refractivity contribution in [1.29, 1.82) is 0 Å². The monoisotopic (exact) mass is 263 g/mol. The number of rotatable bonds is 2. The van der Waals surface area contributed by atoms with E-state index in [0.717, 1.165) is 0 Å². The molecule has 0 radical (unpaired) electrons. The van der Waals surface area contributed by atoms with Crippen molar-refractivity contribution >= 4 is 11.8 Å². The number of H-pyrrole nitrogens is 1. The first-order valence-corrected chi connectivity index (χ1v) is 6.12. The van der Waals surface area contributed by atoms with Gasteiger partial charge in [-0.2, -0.15) is 0 Å². The van der Waals surface area contributed by atoms with E-state index in [1.807, 2.05) is 0 Å². The highest BCUT2D eigenvalue weighted by Gasteiger charge is 2.41. The zero-order valence-electron chi connectivity index (χ0n) is 11.0. The molecule has 2 heterocycles. The zero-order chi connectivity index (χ0) is 14.2. The molecule has 3 N–H and O–H groups in total. The lowest BCUT2D eigenvalue weighted by Crippen LogP contribution is -2.39. The van der Waals surface area contributed by atoms with Crippen LogP contribution in [0.4, 0.5) is 0 Å². The number of nitrogens with one attached hydrogen (secondary N) is 1. The molecule has 1 aliphatic heterocycles. The minimum atomic E-state index is -0.701. The second kappa shape index (κ2) is 4.53. The van der Waals surface area contributed by atoms with Gasteiger partial charge in [0.15, 0.2) is 5.43 Å². The normalized spacial score (nSPS) is 22.5. The fourth-order valence-corrected chi connectivity index (χ4v) is 2.25. The van der Waals surface area contributed by atoms with Crippen molar-refractivity contribution in [2.24, 2.45) is 11.1 Å². The number of aromatic amines is 1. The Morgan fingerprint density at radius 3 is 2.68 bits per heavy atom. The van der Waals surface area contributed by atoms with E-state index in [2.05, 4.69) is 4.98 Å². The summed E-state index contributed by atoms with van der Waals surface area (Å²) in [6.45, 7) is 4.18. The molecule has 19 heavy (non-hydrogen) atoms. The van der Waals surface area contributed by atoms with Crippen LogP contribution in [0, 0.1) is 12.3 Å². The van der Waals surface area contributed by atoms with E-state index in [1.165, 1.54) is 17.2 Å². The van der Waals surface area contributed by atoms with Gasteiger partial charge < -0.3 is 15.6 Å². The molecular weight excluding hydrogens is 246 g/mol. The fraction of sp³-hybridized carbons (Fsp3) is 0.462. The molecule has 6 heteroatoms. The SMILES string of the molecule is Cc1cc(=O)c(C(=O)N2CCC(C)(C(N)=O)C2)c[nH]1. The largest absolute Gasteiger partial charge is 0.369 e. The van der Waals surface area contributed by atoms with Gasteiger partial charge in [0.1, 0.15) is 5.56 Å². The Labute approximate surface area is 110 Å². The molecule has 1 unspecified atom stereocenters. The number of aromatic nitrogens is 1. The maximum Gasteiger partial charge on any atom is 0.259 e. The number of hydrogen-bond donors (Lipinski definition) is 2. The van der Waals surface area contributed by atoms with Crippen LogP contribution in [0.1, 0.15) is 29.4 Å². The van der Waals surface area contributed by atoms with Crippen LogP contribution < -0.4 is 11.2 Å². The minimum absolute atomic E-state index is 0.0966. The lowest BCUT2D eigenvalue weighted by molar-refractivity contribution is -0.126. The Morgan fingerprint density at radius 2 is 2.16 bits per heavy atom. The molecule has 0 saturated carbocycles. The van der Waals surface area contributed by atoms with Gasteiger partial charge in [-0.3, -0.25) is 14.4 Å². The van der Waals surface area contributed by atoms with E-state index in [-0.39, 0.29) is 23.4 Å². The third-order valence-electron chi connectivity index (χ3n) is 3.64. The summed E-state index contributed by atoms with van der Waals surface area (Å²) in [5, 5.41) is 0. The highest BCUT2D eigenvalue weighted by molar-refractivity contribution is 5.95. The number of nitrogens with two attached hydrogens (primary N) is 1. The molecule has 1 saturated heterocycles. The second-order valence-corrected chi connectivity index (χ2v) is 5.30. The number of nitrogens with zero attached hydrogens (tertiary/aromatic N) is 1. The van der Waals surface area contributed by atoms with Gasteiger partial charge in [0.2, 0.25) is 5.91 Å². The molecular formula is C13H17N3O3. The van der Waals surface area contributed by atoms with E-state index >= 15 is 0 Å². The topological polar surface area (TPSA) is 96.3 Å². The fourth-order valence-electron chi connectivity index (χ4n) is 2.25. The van der Waals surface area contributed by atoms with Crippen LogP contribution >= 0.6 is 0 Å². The molecule has 0 aromatic carbocycles. The zero-order valence-corrected chi connectivity index (χ0v) is 11.0. The van der Waals surface area contributed by atoms with E-state index in [9.17, 15) is 14.4 Å². The van der Waals surface area contributed by atoms with Crippen molar-refractivity contribution in [3.8, 4) is 0 Å². The van der Waals surface area contributed by atoms with Crippen molar-refractivity contribution in [2.75, 3.05) is 13.1 Å². The Balaban J connectivity index is 2.23. The van der Waals surface area contributed by atoms with Crippen LogP contribution in [-0.2, 0) is 4.79 Å². The summed E-state index contributed by atoms with van der Waals surface area (Å²) in [7, 11) is 0. The Hall–Kier alpha value is -2.11. The molecule has 2 amide bonds. The maximum absolute atomic E-state index is 12.2. The molecule has 1 atom stereocenters. The van der Waals surface area contributed by atoms with E-state index in [4.69, 9.17) is 5.73 Å². The summed E-state index contributed by atoms with van der Waals surface area (Å²) in [5.41, 5.74) is 5.12. The molecule has 0 spiro atoms. The molecule has 2 rings (SSSR count). The highest BCUT2D eigenvalue weighted by atomic mass is 16.2. The quantitative estimate of drug-likeness (QED) is 0.787.